The molecule has 24 heavy (non-hydrogen) atoms. The number of rotatable bonds is 3. The third kappa shape index (κ3) is 2.59. The Hall–Kier alpha value is -2.59. The molecule has 1 amide bonds. The molecular formula is C20H15NO2S. The minimum Gasteiger partial charge on any atom is -0.303 e. The fraction of sp³-hybridized carbons (Fsp3) is 0.100. The van der Waals surface area contributed by atoms with Crippen LogP contribution >= 0.6 is 11.8 Å². The summed E-state index contributed by atoms with van der Waals surface area (Å²) in [5.74, 6) is 0.297. The number of anilines is 1. The smallest absolute Gasteiger partial charge is 0.237 e. The van der Waals surface area contributed by atoms with Crippen molar-refractivity contribution in [2.24, 2.45) is 0 Å². The lowest BCUT2D eigenvalue weighted by Gasteiger charge is -2.29. The number of thioether (sulfide) groups is 1. The maximum absolute atomic E-state index is 12.5. The molecule has 4 heteroatoms. The molecule has 0 saturated heterocycles. The van der Waals surface area contributed by atoms with Crippen molar-refractivity contribution < 1.29 is 9.59 Å². The van der Waals surface area contributed by atoms with E-state index in [2.05, 4.69) is 12.1 Å². The summed E-state index contributed by atoms with van der Waals surface area (Å²) in [6.07, 6.45) is 0. The molecule has 0 N–H and O–H groups in total. The summed E-state index contributed by atoms with van der Waals surface area (Å²) in [4.78, 5) is 27.6. The van der Waals surface area contributed by atoms with Crippen molar-refractivity contribution in [2.45, 2.75) is 4.90 Å². The van der Waals surface area contributed by atoms with Crippen molar-refractivity contribution >= 4 is 39.9 Å². The number of benzene rings is 3. The predicted octanol–water partition coefficient (Wildman–Crippen LogP) is 4.16. The van der Waals surface area contributed by atoms with Gasteiger partial charge in [-0.05, 0) is 16.8 Å². The van der Waals surface area contributed by atoms with Crippen LogP contribution in [0, 0.1) is 0 Å². The standard InChI is InChI=1S/C20H15NO2S/c22-18(15-7-2-1-3-8-15)12-21-17-11-10-14-6-4-5-9-16(14)20(17)24-13-19(21)23/h1-11H,12-13H2. The molecule has 4 rings (SSSR count). The lowest BCUT2D eigenvalue weighted by molar-refractivity contribution is -0.116. The Labute approximate surface area is 144 Å². The fourth-order valence-electron chi connectivity index (χ4n) is 2.97. The normalized spacial score (nSPS) is 13.8. The van der Waals surface area contributed by atoms with E-state index in [0.717, 1.165) is 21.4 Å². The van der Waals surface area contributed by atoms with Crippen molar-refractivity contribution in [2.75, 3.05) is 17.2 Å². The number of Topliss-reactive ketones (excluding diaryl/α,β-unsaturated/α-hetero) is 1. The first-order valence-corrected chi connectivity index (χ1v) is 8.76. The average molecular weight is 333 g/mol. The predicted molar refractivity (Wildman–Crippen MR) is 97.8 cm³/mol. The number of ketones is 1. The Balaban J connectivity index is 1.73. The minimum atomic E-state index is -0.0463. The van der Waals surface area contributed by atoms with Crippen LogP contribution in [0.3, 0.4) is 0 Å². The molecule has 0 bridgehead atoms. The number of amides is 1. The summed E-state index contributed by atoms with van der Waals surface area (Å²) in [6, 6.07) is 21.2. The Kier molecular flexibility index (Phi) is 3.82. The number of carbonyl (C=O) groups is 2. The Morgan fingerprint density at radius 2 is 1.71 bits per heavy atom. The van der Waals surface area contributed by atoms with Gasteiger partial charge < -0.3 is 4.90 Å². The molecule has 0 aromatic heterocycles. The second-order valence-electron chi connectivity index (χ2n) is 5.69. The highest BCUT2D eigenvalue weighted by molar-refractivity contribution is 8.00. The van der Waals surface area contributed by atoms with Crippen LogP contribution in [0.25, 0.3) is 10.8 Å². The Morgan fingerprint density at radius 1 is 0.958 bits per heavy atom. The van der Waals surface area contributed by atoms with Gasteiger partial charge in [0.1, 0.15) is 0 Å². The molecule has 0 atom stereocenters. The molecule has 1 heterocycles. The average Bonchev–Trinajstić information content (AvgIpc) is 2.64. The Bertz CT molecular complexity index is 937. The SMILES string of the molecule is O=C(CN1C(=O)CSc2c1ccc1ccccc21)c1ccccc1. The summed E-state index contributed by atoms with van der Waals surface area (Å²) in [6.45, 7) is 0.0781. The first kappa shape index (κ1) is 15.0. The largest absolute Gasteiger partial charge is 0.303 e. The molecule has 0 spiro atoms. The highest BCUT2D eigenvalue weighted by Crippen LogP contribution is 2.40. The second-order valence-corrected chi connectivity index (χ2v) is 6.68. The van der Waals surface area contributed by atoms with Crippen molar-refractivity contribution in [3.05, 3.63) is 72.3 Å². The third-order valence-electron chi connectivity index (χ3n) is 4.19. The van der Waals surface area contributed by atoms with Crippen LogP contribution in [0.5, 0.6) is 0 Å². The number of hydrogen-bond donors (Lipinski definition) is 0. The van der Waals surface area contributed by atoms with Crippen molar-refractivity contribution in [1.82, 2.24) is 0 Å². The maximum atomic E-state index is 12.5. The molecule has 118 valence electrons. The molecule has 3 nitrogen and oxygen atoms in total. The van der Waals surface area contributed by atoms with Gasteiger partial charge in [-0.1, -0.05) is 60.7 Å². The van der Waals surface area contributed by atoms with Crippen LogP contribution in [-0.2, 0) is 4.79 Å². The quantitative estimate of drug-likeness (QED) is 0.675. The van der Waals surface area contributed by atoms with Crippen molar-refractivity contribution in [1.29, 1.82) is 0 Å². The van der Waals surface area contributed by atoms with Crippen LogP contribution in [0.15, 0.2) is 71.6 Å². The van der Waals surface area contributed by atoms with Gasteiger partial charge in [-0.15, -0.1) is 11.8 Å². The molecule has 1 aliphatic heterocycles. The van der Waals surface area contributed by atoms with Crippen LogP contribution in [-0.4, -0.2) is 24.0 Å². The molecule has 1 aliphatic rings. The highest BCUT2D eigenvalue weighted by Gasteiger charge is 2.27. The van der Waals surface area contributed by atoms with E-state index in [1.807, 2.05) is 42.5 Å². The van der Waals surface area contributed by atoms with E-state index < -0.39 is 0 Å². The molecule has 3 aromatic carbocycles. The highest BCUT2D eigenvalue weighted by atomic mass is 32.2. The summed E-state index contributed by atoms with van der Waals surface area (Å²) in [7, 11) is 0. The number of nitrogens with zero attached hydrogens (tertiary/aromatic N) is 1. The first-order valence-electron chi connectivity index (χ1n) is 7.77. The van der Waals surface area contributed by atoms with Crippen LogP contribution in [0.2, 0.25) is 0 Å². The zero-order chi connectivity index (χ0) is 16.5. The Morgan fingerprint density at radius 3 is 2.54 bits per heavy atom. The minimum absolute atomic E-state index is 0.0212. The van der Waals surface area contributed by atoms with E-state index in [1.165, 1.54) is 0 Å². The molecule has 0 fully saturated rings. The molecular weight excluding hydrogens is 318 g/mol. The molecule has 0 radical (unpaired) electrons. The first-order chi connectivity index (χ1) is 11.7. The van der Waals surface area contributed by atoms with Gasteiger partial charge in [-0.2, -0.15) is 0 Å². The second kappa shape index (κ2) is 6.13. The van der Waals surface area contributed by atoms with E-state index in [1.54, 1.807) is 28.8 Å². The zero-order valence-corrected chi connectivity index (χ0v) is 13.8. The third-order valence-corrected chi connectivity index (χ3v) is 5.30. The van der Waals surface area contributed by atoms with Gasteiger partial charge >= 0.3 is 0 Å². The lowest BCUT2D eigenvalue weighted by Crippen LogP contribution is -2.39. The maximum Gasteiger partial charge on any atom is 0.237 e. The summed E-state index contributed by atoms with van der Waals surface area (Å²) in [5.41, 5.74) is 1.46. The van der Waals surface area contributed by atoms with E-state index in [-0.39, 0.29) is 18.2 Å². The van der Waals surface area contributed by atoms with Gasteiger partial charge in [0.25, 0.3) is 0 Å². The van der Waals surface area contributed by atoms with Gasteiger partial charge in [0.2, 0.25) is 5.91 Å². The number of carbonyl (C=O) groups excluding carboxylic acids is 2. The van der Waals surface area contributed by atoms with E-state index >= 15 is 0 Å². The van der Waals surface area contributed by atoms with Gasteiger partial charge in [0, 0.05) is 10.5 Å². The van der Waals surface area contributed by atoms with Crippen LogP contribution in [0.1, 0.15) is 10.4 Å². The van der Waals surface area contributed by atoms with Crippen LogP contribution < -0.4 is 4.90 Å². The molecule has 0 unspecified atom stereocenters. The van der Waals surface area contributed by atoms with Gasteiger partial charge in [0.15, 0.2) is 5.78 Å². The van der Waals surface area contributed by atoms with E-state index in [4.69, 9.17) is 0 Å². The zero-order valence-electron chi connectivity index (χ0n) is 12.9. The molecule has 0 saturated carbocycles. The molecule has 3 aromatic rings. The topological polar surface area (TPSA) is 37.4 Å². The van der Waals surface area contributed by atoms with Crippen LogP contribution in [0.4, 0.5) is 5.69 Å². The monoisotopic (exact) mass is 333 g/mol. The van der Waals surface area contributed by atoms with Gasteiger partial charge in [0.05, 0.1) is 18.0 Å². The summed E-state index contributed by atoms with van der Waals surface area (Å²) in [5, 5.41) is 2.28. The van der Waals surface area contributed by atoms with E-state index in [9.17, 15) is 9.59 Å². The van der Waals surface area contributed by atoms with Crippen molar-refractivity contribution in [3.8, 4) is 0 Å². The summed E-state index contributed by atoms with van der Waals surface area (Å²) >= 11 is 1.55. The van der Waals surface area contributed by atoms with Crippen molar-refractivity contribution in [3.63, 3.8) is 0 Å². The number of fused-ring (bicyclic) bond motifs is 3. The number of hydrogen-bond acceptors (Lipinski definition) is 3. The fourth-order valence-corrected chi connectivity index (χ4v) is 4.07. The molecule has 0 aliphatic carbocycles. The van der Waals surface area contributed by atoms with Gasteiger partial charge in [-0.25, -0.2) is 0 Å². The lowest BCUT2D eigenvalue weighted by atomic mass is 10.1. The van der Waals surface area contributed by atoms with Gasteiger partial charge in [-0.3, -0.25) is 9.59 Å². The summed E-state index contributed by atoms with van der Waals surface area (Å²) < 4.78 is 0. The van der Waals surface area contributed by atoms with E-state index in [0.29, 0.717) is 11.3 Å².